The van der Waals surface area contributed by atoms with Crippen molar-refractivity contribution in [1.29, 1.82) is 0 Å². The van der Waals surface area contributed by atoms with Gasteiger partial charge >= 0.3 is 0 Å². The van der Waals surface area contributed by atoms with E-state index in [2.05, 4.69) is 118 Å². The summed E-state index contributed by atoms with van der Waals surface area (Å²) < 4.78 is 18.9. The predicted octanol–water partition coefficient (Wildman–Crippen LogP) is 10.8. The van der Waals surface area contributed by atoms with Gasteiger partial charge in [-0.2, -0.15) is 0 Å². The number of hydrogen-bond donors (Lipinski definition) is 0. The SMILES string of the molecule is [2H]C(C)(C)c1c(-c2ccccc2)cccc1N(c1ccc2c(c1C([2H])(C)C)-c1ccccc1C2(C)C)C(C)(C)C. The maximum absolute atomic E-state index is 9.50. The van der Waals surface area contributed by atoms with Crippen LogP contribution in [0, 0.1) is 0 Å². The van der Waals surface area contributed by atoms with Gasteiger partial charge in [0.15, 0.2) is 0 Å². The van der Waals surface area contributed by atoms with Gasteiger partial charge in [-0.1, -0.05) is 114 Å². The Hall–Kier alpha value is -3.32. The van der Waals surface area contributed by atoms with E-state index in [1.165, 1.54) is 22.3 Å². The predicted molar refractivity (Wildman–Crippen MR) is 166 cm³/mol. The molecule has 0 unspecified atom stereocenters. The van der Waals surface area contributed by atoms with Gasteiger partial charge < -0.3 is 4.90 Å². The number of hydrogen-bond acceptors (Lipinski definition) is 1. The number of anilines is 2. The molecule has 0 bridgehead atoms. The van der Waals surface area contributed by atoms with Crippen LogP contribution in [0.2, 0.25) is 0 Å². The third-order valence-electron chi connectivity index (χ3n) is 8.01. The molecule has 0 radical (unpaired) electrons. The smallest absolute Gasteiger partial charge is 0.0457 e. The lowest BCUT2D eigenvalue weighted by molar-refractivity contribution is 0.555. The second-order valence-electron chi connectivity index (χ2n) is 12.6. The van der Waals surface area contributed by atoms with Gasteiger partial charge in [0, 0.05) is 25.1 Å². The largest absolute Gasteiger partial charge is 0.336 e. The van der Waals surface area contributed by atoms with Gasteiger partial charge in [-0.15, -0.1) is 0 Å². The maximum atomic E-state index is 9.50. The molecule has 0 aromatic heterocycles. The zero-order valence-electron chi connectivity index (χ0n) is 26.5. The summed E-state index contributed by atoms with van der Waals surface area (Å²) in [6.45, 7) is 19.3. The summed E-state index contributed by atoms with van der Waals surface area (Å²) in [7, 11) is 0. The van der Waals surface area contributed by atoms with E-state index in [0.29, 0.717) is 0 Å². The van der Waals surface area contributed by atoms with Crippen molar-refractivity contribution in [2.75, 3.05) is 4.90 Å². The highest BCUT2D eigenvalue weighted by Gasteiger charge is 2.39. The van der Waals surface area contributed by atoms with Crippen molar-refractivity contribution in [1.82, 2.24) is 0 Å². The normalized spacial score (nSPS) is 15.4. The van der Waals surface area contributed by atoms with Crippen LogP contribution < -0.4 is 4.90 Å². The van der Waals surface area contributed by atoms with E-state index in [4.69, 9.17) is 0 Å². The second kappa shape index (κ2) is 9.45. The molecule has 0 aliphatic heterocycles. The Kier molecular flexibility index (Phi) is 5.91. The molecule has 0 N–H and O–H groups in total. The molecule has 1 heteroatoms. The summed E-state index contributed by atoms with van der Waals surface area (Å²) in [5.41, 5.74) is 10.8. The van der Waals surface area contributed by atoms with Crippen molar-refractivity contribution >= 4 is 11.4 Å². The van der Waals surface area contributed by atoms with Gasteiger partial charge in [-0.25, -0.2) is 0 Å². The first kappa shape index (κ1) is 23.8. The highest BCUT2D eigenvalue weighted by Crippen LogP contribution is 2.55. The summed E-state index contributed by atoms with van der Waals surface area (Å²) in [5, 5.41) is 0. The number of benzene rings is 4. The Balaban J connectivity index is 1.89. The molecule has 38 heavy (non-hydrogen) atoms. The van der Waals surface area contributed by atoms with E-state index >= 15 is 0 Å². The average molecular weight is 504 g/mol. The maximum Gasteiger partial charge on any atom is 0.0457 e. The molecule has 0 saturated carbocycles. The van der Waals surface area contributed by atoms with E-state index in [1.807, 2.05) is 33.8 Å². The van der Waals surface area contributed by atoms with Gasteiger partial charge in [0.25, 0.3) is 0 Å². The van der Waals surface area contributed by atoms with Gasteiger partial charge in [-0.05, 0) is 89.2 Å². The van der Waals surface area contributed by atoms with E-state index < -0.39 is 11.8 Å². The molecule has 4 aromatic carbocycles. The van der Waals surface area contributed by atoms with Crippen LogP contribution >= 0.6 is 0 Å². The topological polar surface area (TPSA) is 3.24 Å². The van der Waals surface area contributed by atoms with Crippen molar-refractivity contribution < 1.29 is 2.74 Å². The Labute approximate surface area is 233 Å². The summed E-state index contributed by atoms with van der Waals surface area (Å²) >= 11 is 0. The minimum Gasteiger partial charge on any atom is -0.336 e. The summed E-state index contributed by atoms with van der Waals surface area (Å²) in [5.74, 6) is -1.71. The van der Waals surface area contributed by atoms with Gasteiger partial charge in [0.05, 0.1) is 0 Å². The molecular weight excluding hydrogens is 458 g/mol. The first-order valence-electron chi connectivity index (χ1n) is 14.8. The van der Waals surface area contributed by atoms with Crippen LogP contribution in [0.25, 0.3) is 22.3 Å². The number of nitrogens with zero attached hydrogens (tertiary/aromatic N) is 1. The van der Waals surface area contributed by atoms with Crippen molar-refractivity contribution in [3.05, 3.63) is 107 Å². The molecule has 0 heterocycles. The molecule has 1 aliphatic rings. The van der Waals surface area contributed by atoms with Crippen LogP contribution in [0.5, 0.6) is 0 Å². The molecule has 5 rings (SSSR count). The molecule has 4 aromatic rings. The van der Waals surface area contributed by atoms with E-state index in [0.717, 1.165) is 33.6 Å². The number of fused-ring (bicyclic) bond motifs is 3. The summed E-state index contributed by atoms with van der Waals surface area (Å²) in [6.07, 6.45) is 0. The first-order chi connectivity index (χ1) is 18.5. The van der Waals surface area contributed by atoms with Crippen molar-refractivity contribution in [2.45, 2.75) is 85.1 Å². The molecule has 1 nitrogen and oxygen atoms in total. The Morgan fingerprint density at radius 1 is 0.632 bits per heavy atom. The highest BCUT2D eigenvalue weighted by molar-refractivity contribution is 5.90. The lowest BCUT2D eigenvalue weighted by atomic mass is 9.81. The monoisotopic (exact) mass is 503 g/mol. The fourth-order valence-electron chi connectivity index (χ4n) is 6.44. The van der Waals surface area contributed by atoms with E-state index in [9.17, 15) is 2.74 Å². The fraction of sp³-hybridized carbons (Fsp3) is 0.351. The van der Waals surface area contributed by atoms with Crippen LogP contribution in [0.1, 0.15) is 99.1 Å². The highest BCUT2D eigenvalue weighted by atomic mass is 15.2. The van der Waals surface area contributed by atoms with Crippen molar-refractivity contribution in [3.8, 4) is 22.3 Å². The van der Waals surface area contributed by atoms with E-state index in [1.54, 1.807) is 0 Å². The minimum absolute atomic E-state index is 0.140. The fourth-order valence-corrected chi connectivity index (χ4v) is 6.44. The van der Waals surface area contributed by atoms with Gasteiger partial charge in [-0.3, -0.25) is 0 Å². The van der Waals surface area contributed by atoms with E-state index in [-0.39, 0.29) is 11.0 Å². The standard InChI is InChI=1S/C37H43N/c1-24(2)33-27(26-16-11-10-12-17-26)19-15-21-31(33)38(36(5,6)7)32-23-22-30-35(34(32)25(3)4)28-18-13-14-20-29(28)37(30,8)9/h10-25H,1-9H3/i24D,25D. The quantitative estimate of drug-likeness (QED) is 0.262. The van der Waals surface area contributed by atoms with Crippen LogP contribution in [-0.2, 0) is 5.41 Å². The average Bonchev–Trinajstić information content (AvgIpc) is 3.09. The van der Waals surface area contributed by atoms with Crippen LogP contribution in [-0.4, -0.2) is 5.54 Å². The molecule has 0 amide bonds. The lowest BCUT2D eigenvalue weighted by Crippen LogP contribution is -2.39. The lowest BCUT2D eigenvalue weighted by Gasteiger charge is -2.42. The van der Waals surface area contributed by atoms with Crippen LogP contribution in [0.3, 0.4) is 0 Å². The zero-order valence-corrected chi connectivity index (χ0v) is 24.5. The van der Waals surface area contributed by atoms with Crippen molar-refractivity contribution in [3.63, 3.8) is 0 Å². The third-order valence-corrected chi connectivity index (χ3v) is 8.01. The van der Waals surface area contributed by atoms with Gasteiger partial charge in [0.2, 0.25) is 0 Å². The second-order valence-corrected chi connectivity index (χ2v) is 12.6. The molecule has 0 atom stereocenters. The molecule has 0 fully saturated rings. The molecular formula is C37H43N. The van der Waals surface area contributed by atoms with Crippen LogP contribution in [0.4, 0.5) is 11.4 Å². The minimum atomic E-state index is -0.856. The molecule has 196 valence electrons. The van der Waals surface area contributed by atoms with Gasteiger partial charge in [0.1, 0.15) is 0 Å². The summed E-state index contributed by atoms with van der Waals surface area (Å²) in [6, 6.07) is 30.0. The zero-order chi connectivity index (χ0) is 29.3. The Bertz CT molecular complexity index is 1560. The van der Waals surface area contributed by atoms with Crippen molar-refractivity contribution in [2.24, 2.45) is 0 Å². The first-order valence-corrected chi connectivity index (χ1v) is 13.8. The molecule has 0 spiro atoms. The number of rotatable bonds is 5. The van der Waals surface area contributed by atoms with Crippen LogP contribution in [0.15, 0.2) is 84.9 Å². The molecule has 0 saturated heterocycles. The summed E-state index contributed by atoms with van der Waals surface area (Å²) in [4.78, 5) is 2.39. The Morgan fingerprint density at radius 2 is 1.21 bits per heavy atom. The molecule has 1 aliphatic carbocycles. The Morgan fingerprint density at radius 3 is 1.84 bits per heavy atom. The third kappa shape index (κ3) is 4.17.